The summed E-state index contributed by atoms with van der Waals surface area (Å²) in [6.07, 6.45) is 0.128. The molecule has 0 radical (unpaired) electrons. The molecule has 1 amide bonds. The molecule has 2 saturated heterocycles. The summed E-state index contributed by atoms with van der Waals surface area (Å²) in [4.78, 5) is 37.9. The van der Waals surface area contributed by atoms with Gasteiger partial charge in [-0.1, -0.05) is 20.8 Å². The Bertz CT molecular complexity index is 1240. The minimum atomic E-state index is -2.17. The van der Waals surface area contributed by atoms with Gasteiger partial charge in [0.15, 0.2) is 14.1 Å². The Kier molecular flexibility index (Phi) is 6.58. The van der Waals surface area contributed by atoms with Crippen molar-refractivity contribution in [2.45, 2.75) is 109 Å². The van der Waals surface area contributed by atoms with Crippen molar-refractivity contribution < 1.29 is 23.4 Å². The van der Waals surface area contributed by atoms with Crippen LogP contribution in [0.1, 0.15) is 67.0 Å². The van der Waals surface area contributed by atoms with E-state index in [1.807, 2.05) is 34.6 Å². The summed E-state index contributed by atoms with van der Waals surface area (Å²) >= 11 is 0. The molecule has 12 heteroatoms. The molecule has 0 unspecified atom stereocenters. The Hall–Kier alpha value is -2.41. The van der Waals surface area contributed by atoms with Crippen molar-refractivity contribution in [3.05, 3.63) is 22.1 Å². The molecule has 0 aliphatic carbocycles. The second-order valence-corrected chi connectivity index (χ2v) is 17.8. The van der Waals surface area contributed by atoms with Crippen LogP contribution >= 0.6 is 0 Å². The molecule has 2 aromatic rings. The van der Waals surface area contributed by atoms with Crippen LogP contribution in [0.15, 0.2) is 11.0 Å². The third kappa shape index (κ3) is 5.16. The van der Waals surface area contributed by atoms with Gasteiger partial charge in [-0.2, -0.15) is 0 Å². The van der Waals surface area contributed by atoms with Gasteiger partial charge in [-0.3, -0.25) is 14.7 Å². The van der Waals surface area contributed by atoms with E-state index in [2.05, 4.69) is 48.8 Å². The van der Waals surface area contributed by atoms with E-state index >= 15 is 0 Å². The van der Waals surface area contributed by atoms with Gasteiger partial charge in [0.05, 0.1) is 18.7 Å². The molecule has 37 heavy (non-hydrogen) atoms. The average molecular weight is 536 g/mol. The fourth-order valence-corrected chi connectivity index (χ4v) is 5.76. The second-order valence-electron chi connectivity index (χ2n) is 13.0. The molecular weight excluding hydrogens is 494 g/mol. The first-order valence-corrected chi connectivity index (χ1v) is 15.6. The number of H-pyrrole nitrogens is 2. The van der Waals surface area contributed by atoms with Crippen molar-refractivity contribution in [3.8, 4) is 0 Å². The maximum atomic E-state index is 13.8. The van der Waals surface area contributed by atoms with Crippen LogP contribution in [0.5, 0.6) is 0 Å². The second kappa shape index (κ2) is 8.82. The number of hydrogen-bond acceptors (Lipinski definition) is 8. The van der Waals surface area contributed by atoms with Gasteiger partial charge in [-0.25, -0.2) is 9.78 Å². The number of aromatic nitrogens is 3. The molecule has 2 aromatic heterocycles. The van der Waals surface area contributed by atoms with Gasteiger partial charge in [0.1, 0.15) is 28.8 Å². The average Bonchev–Trinajstić information content (AvgIpc) is 3.33. The number of amides is 1. The zero-order valence-electron chi connectivity index (χ0n) is 23.5. The van der Waals surface area contributed by atoms with Crippen LogP contribution in [0.2, 0.25) is 18.1 Å². The van der Waals surface area contributed by atoms with Crippen LogP contribution in [0.3, 0.4) is 0 Å². The molecule has 2 aliphatic rings. The fraction of sp³-hybridized carbons (Fsp3) is 0.720. The van der Waals surface area contributed by atoms with E-state index in [0.717, 1.165) is 0 Å². The molecule has 0 spiro atoms. The Morgan fingerprint density at radius 2 is 1.81 bits per heavy atom. The van der Waals surface area contributed by atoms with Crippen molar-refractivity contribution in [1.29, 1.82) is 0 Å². The van der Waals surface area contributed by atoms with E-state index in [4.69, 9.17) is 24.4 Å². The van der Waals surface area contributed by atoms with Crippen LogP contribution in [0.25, 0.3) is 11.0 Å². The van der Waals surface area contributed by atoms with E-state index in [1.54, 1.807) is 11.1 Å². The number of fused-ring (bicyclic) bond motifs is 2. The van der Waals surface area contributed by atoms with Crippen LogP contribution in [0, 0.1) is 0 Å². The third-order valence-electron chi connectivity index (χ3n) is 7.44. The number of carbonyl (C=O) groups excluding carboxylic acids is 1. The normalized spacial score (nSPS) is 26.1. The van der Waals surface area contributed by atoms with E-state index in [0.29, 0.717) is 11.1 Å². The predicted octanol–water partition coefficient (Wildman–Crippen LogP) is 4.04. The minimum absolute atomic E-state index is 0.0153. The van der Waals surface area contributed by atoms with E-state index < -0.39 is 55.6 Å². The van der Waals surface area contributed by atoms with E-state index in [9.17, 15) is 9.59 Å². The number of nitrogen functional groups attached to an aromatic ring is 1. The van der Waals surface area contributed by atoms with Crippen LogP contribution in [-0.4, -0.2) is 70.5 Å². The van der Waals surface area contributed by atoms with Gasteiger partial charge < -0.3 is 29.4 Å². The third-order valence-corrected chi connectivity index (χ3v) is 11.9. The lowest BCUT2D eigenvalue weighted by atomic mass is 10.0. The molecular formula is C25H41N5O6Si. The standard InChI is InChI=1S/C25H41N5O6Si/c1-23(2,3)36-22(32)30-14(12-33-37(9,10)24(4,5)6)18-19(35-25(7,8)34-18)17(30)13-11-27-16-15(13)28-21(26)29-20(16)31/h11,14,17-19,27H,12H2,1-10H3,(H3,26,28,29,31)/t14-,17+,18-,19+/m1/s1. The number of likely N-dealkylation sites (tertiary alicyclic amines) is 1. The number of nitrogens with one attached hydrogen (secondary N) is 2. The van der Waals surface area contributed by atoms with E-state index in [1.165, 1.54) is 0 Å². The van der Waals surface area contributed by atoms with Gasteiger partial charge >= 0.3 is 6.09 Å². The summed E-state index contributed by atoms with van der Waals surface area (Å²) in [5, 5.41) is -0.0211. The Labute approximate surface area is 218 Å². The quantitative estimate of drug-likeness (QED) is 0.498. The monoisotopic (exact) mass is 535 g/mol. The number of nitrogens with two attached hydrogens (primary N) is 1. The molecule has 11 nitrogen and oxygen atoms in total. The summed E-state index contributed by atoms with van der Waals surface area (Å²) in [5.41, 5.74) is 6.00. The molecule has 2 fully saturated rings. The molecule has 4 atom stereocenters. The number of ether oxygens (including phenoxy) is 3. The van der Waals surface area contributed by atoms with Gasteiger partial charge in [0, 0.05) is 11.8 Å². The van der Waals surface area contributed by atoms with Gasteiger partial charge in [0.2, 0.25) is 5.95 Å². The Morgan fingerprint density at radius 3 is 2.41 bits per heavy atom. The maximum absolute atomic E-state index is 13.8. The number of aromatic amines is 2. The van der Waals surface area contributed by atoms with Crippen LogP contribution in [0.4, 0.5) is 10.7 Å². The Morgan fingerprint density at radius 1 is 1.19 bits per heavy atom. The first-order chi connectivity index (χ1) is 16.8. The van der Waals surface area contributed by atoms with Crippen LogP contribution in [-0.2, 0) is 18.6 Å². The SMILES string of the molecule is CC(C)(C)OC(=O)N1[C@H](CO[Si](C)(C)C(C)(C)C)[C@H]2OC(C)(C)O[C@H]2[C@@H]1c1c[nH]c2c(=O)[nH]c(N)nc12. The summed E-state index contributed by atoms with van der Waals surface area (Å²) < 4.78 is 25.2. The summed E-state index contributed by atoms with van der Waals surface area (Å²) in [6.45, 7) is 20.3. The minimum Gasteiger partial charge on any atom is -0.444 e. The van der Waals surface area contributed by atoms with Gasteiger partial charge in [-0.15, -0.1) is 0 Å². The number of carbonyl (C=O) groups is 1. The molecule has 2 aliphatic heterocycles. The van der Waals surface area contributed by atoms with Gasteiger partial charge in [0.25, 0.3) is 5.56 Å². The highest BCUT2D eigenvalue weighted by atomic mass is 28.4. The maximum Gasteiger partial charge on any atom is 0.411 e. The van der Waals surface area contributed by atoms with Crippen molar-refractivity contribution >= 4 is 31.4 Å². The lowest BCUT2D eigenvalue weighted by Gasteiger charge is -2.39. The first-order valence-electron chi connectivity index (χ1n) is 12.7. The predicted molar refractivity (Wildman–Crippen MR) is 143 cm³/mol. The van der Waals surface area contributed by atoms with Crippen molar-refractivity contribution in [3.63, 3.8) is 0 Å². The first kappa shape index (κ1) is 27.6. The molecule has 206 valence electrons. The number of hydrogen-bond donors (Lipinski definition) is 3. The summed E-state index contributed by atoms with van der Waals surface area (Å²) in [7, 11) is -2.17. The van der Waals surface area contributed by atoms with Gasteiger partial charge in [-0.05, 0) is 52.8 Å². The smallest absolute Gasteiger partial charge is 0.411 e. The van der Waals surface area contributed by atoms with Crippen LogP contribution < -0.4 is 11.3 Å². The fourth-order valence-electron chi connectivity index (χ4n) is 4.73. The van der Waals surface area contributed by atoms with Crippen molar-refractivity contribution in [2.75, 3.05) is 12.3 Å². The van der Waals surface area contributed by atoms with Crippen molar-refractivity contribution in [1.82, 2.24) is 19.9 Å². The highest BCUT2D eigenvalue weighted by molar-refractivity contribution is 6.74. The molecule has 4 heterocycles. The van der Waals surface area contributed by atoms with Crippen molar-refractivity contribution in [2.24, 2.45) is 0 Å². The lowest BCUT2D eigenvalue weighted by Crippen LogP contribution is -2.50. The molecule has 4 rings (SSSR count). The highest BCUT2D eigenvalue weighted by Gasteiger charge is 2.61. The molecule has 4 N–H and O–H groups in total. The topological polar surface area (TPSA) is 145 Å². The zero-order valence-corrected chi connectivity index (χ0v) is 24.5. The summed E-state index contributed by atoms with van der Waals surface area (Å²) in [6, 6.07) is -1.15. The number of nitrogens with zero attached hydrogens (tertiary/aromatic N) is 2. The lowest BCUT2D eigenvalue weighted by molar-refractivity contribution is -0.168. The summed E-state index contributed by atoms with van der Waals surface area (Å²) in [5.74, 6) is -0.891. The molecule has 0 bridgehead atoms. The molecule has 0 aromatic carbocycles. The number of rotatable bonds is 4. The largest absolute Gasteiger partial charge is 0.444 e. The zero-order chi connectivity index (χ0) is 27.7. The van der Waals surface area contributed by atoms with E-state index in [-0.39, 0.29) is 23.1 Å². The Balaban J connectivity index is 1.84. The highest BCUT2D eigenvalue weighted by Crippen LogP contribution is 2.49. The molecule has 0 saturated carbocycles. The number of anilines is 1.